The van der Waals surface area contributed by atoms with Gasteiger partial charge in [0.1, 0.15) is 17.3 Å². The predicted molar refractivity (Wildman–Crippen MR) is 125 cm³/mol. The van der Waals surface area contributed by atoms with E-state index in [2.05, 4.69) is 17.4 Å². The van der Waals surface area contributed by atoms with Gasteiger partial charge in [-0.25, -0.2) is 4.39 Å². The molecule has 32 heavy (non-hydrogen) atoms. The van der Waals surface area contributed by atoms with Crippen LogP contribution in [0.3, 0.4) is 0 Å². The fourth-order valence-electron chi connectivity index (χ4n) is 3.63. The summed E-state index contributed by atoms with van der Waals surface area (Å²) in [5.41, 5.74) is 1.18. The second-order valence-electron chi connectivity index (χ2n) is 8.40. The molecule has 3 rings (SSSR count). The Morgan fingerprint density at radius 1 is 0.938 bits per heavy atom. The first kappa shape index (κ1) is 23.3. The number of carbonyl (C=O) groups excluding carboxylic acids is 1. The summed E-state index contributed by atoms with van der Waals surface area (Å²) in [5, 5.41) is 3.13. The molecule has 0 bridgehead atoms. The molecular formula is C27H30FNO3. The van der Waals surface area contributed by atoms with Crippen molar-refractivity contribution in [3.05, 3.63) is 95.8 Å². The molecule has 2 unspecified atom stereocenters. The normalized spacial score (nSPS) is 13.2. The molecule has 0 radical (unpaired) electrons. The van der Waals surface area contributed by atoms with Gasteiger partial charge in [0, 0.05) is 12.0 Å². The Hall–Kier alpha value is -3.34. The van der Waals surface area contributed by atoms with Crippen molar-refractivity contribution in [2.24, 2.45) is 0 Å². The number of methoxy groups -OCH3 is 1. The van der Waals surface area contributed by atoms with E-state index in [4.69, 9.17) is 9.47 Å². The zero-order valence-electron chi connectivity index (χ0n) is 19.0. The summed E-state index contributed by atoms with van der Waals surface area (Å²) >= 11 is 0. The van der Waals surface area contributed by atoms with E-state index < -0.39 is 5.60 Å². The molecule has 0 spiro atoms. The van der Waals surface area contributed by atoms with Gasteiger partial charge in [0.2, 0.25) is 0 Å². The third kappa shape index (κ3) is 6.10. The Kier molecular flexibility index (Phi) is 7.52. The fraction of sp³-hybridized carbons (Fsp3) is 0.296. The molecule has 3 aromatic carbocycles. The average molecular weight is 436 g/mol. The highest BCUT2D eigenvalue weighted by Gasteiger charge is 2.33. The van der Waals surface area contributed by atoms with E-state index in [0.717, 1.165) is 17.7 Å². The number of hydrogen-bond donors (Lipinski definition) is 1. The number of nitrogens with one attached hydrogen (secondary N) is 1. The van der Waals surface area contributed by atoms with Crippen LogP contribution < -0.4 is 14.8 Å². The Balaban J connectivity index is 1.77. The van der Waals surface area contributed by atoms with Crippen molar-refractivity contribution in [1.82, 2.24) is 5.32 Å². The third-order valence-electron chi connectivity index (χ3n) is 5.54. The van der Waals surface area contributed by atoms with Gasteiger partial charge in [-0.1, -0.05) is 42.5 Å². The summed E-state index contributed by atoms with van der Waals surface area (Å²) in [5.74, 6) is 0.694. The van der Waals surface area contributed by atoms with Gasteiger partial charge in [-0.3, -0.25) is 4.79 Å². The van der Waals surface area contributed by atoms with Crippen LogP contribution in [0.5, 0.6) is 11.5 Å². The van der Waals surface area contributed by atoms with Crippen molar-refractivity contribution < 1.29 is 18.7 Å². The zero-order valence-corrected chi connectivity index (χ0v) is 19.0. The van der Waals surface area contributed by atoms with Crippen LogP contribution in [0.4, 0.5) is 4.39 Å². The Morgan fingerprint density at radius 3 is 2.12 bits per heavy atom. The molecule has 0 aromatic heterocycles. The Bertz CT molecular complexity index is 1000. The van der Waals surface area contributed by atoms with Crippen LogP contribution in [0.25, 0.3) is 0 Å². The molecule has 168 valence electrons. The molecule has 0 aliphatic carbocycles. The molecule has 4 nitrogen and oxygen atoms in total. The quantitative estimate of drug-likeness (QED) is 0.481. The monoisotopic (exact) mass is 435 g/mol. The number of hydrogen-bond acceptors (Lipinski definition) is 3. The van der Waals surface area contributed by atoms with E-state index in [-0.39, 0.29) is 23.7 Å². The lowest BCUT2D eigenvalue weighted by molar-refractivity contribution is -0.135. The van der Waals surface area contributed by atoms with Crippen LogP contribution >= 0.6 is 0 Å². The summed E-state index contributed by atoms with van der Waals surface area (Å²) in [6, 6.07) is 23.6. The molecule has 0 aliphatic heterocycles. The summed E-state index contributed by atoms with van der Waals surface area (Å²) in [6.45, 7) is 5.42. The summed E-state index contributed by atoms with van der Waals surface area (Å²) in [6.07, 6.45) is 0.772. The SMILES string of the molecule is COc1ccc(C(Cc2ccccc2)C(C)NC(=O)C(C)(C)Oc2ccc(F)cc2)cc1. The molecule has 0 saturated heterocycles. The van der Waals surface area contributed by atoms with Crippen LogP contribution in [0.1, 0.15) is 37.8 Å². The largest absolute Gasteiger partial charge is 0.497 e. The number of benzene rings is 3. The lowest BCUT2D eigenvalue weighted by Crippen LogP contribution is -2.51. The molecule has 1 amide bonds. The molecule has 0 heterocycles. The van der Waals surface area contributed by atoms with Crippen LogP contribution in [-0.4, -0.2) is 24.7 Å². The second-order valence-corrected chi connectivity index (χ2v) is 8.40. The van der Waals surface area contributed by atoms with Crippen LogP contribution in [-0.2, 0) is 11.2 Å². The first-order valence-corrected chi connectivity index (χ1v) is 10.7. The van der Waals surface area contributed by atoms with Gasteiger partial charge < -0.3 is 14.8 Å². The molecule has 2 atom stereocenters. The molecule has 3 aromatic rings. The summed E-state index contributed by atoms with van der Waals surface area (Å²) in [7, 11) is 1.64. The van der Waals surface area contributed by atoms with Crippen molar-refractivity contribution in [1.29, 1.82) is 0 Å². The van der Waals surface area contributed by atoms with Crippen molar-refractivity contribution >= 4 is 5.91 Å². The topological polar surface area (TPSA) is 47.6 Å². The van der Waals surface area contributed by atoms with Crippen LogP contribution in [0.15, 0.2) is 78.9 Å². The third-order valence-corrected chi connectivity index (χ3v) is 5.54. The maximum atomic E-state index is 13.2. The van der Waals surface area contributed by atoms with Gasteiger partial charge in [-0.15, -0.1) is 0 Å². The fourth-order valence-corrected chi connectivity index (χ4v) is 3.63. The van der Waals surface area contributed by atoms with Gasteiger partial charge in [-0.05, 0) is 74.7 Å². The highest BCUT2D eigenvalue weighted by Crippen LogP contribution is 2.27. The Labute approximate surface area is 189 Å². The molecule has 1 N–H and O–H groups in total. The zero-order chi connectivity index (χ0) is 23.1. The van der Waals surface area contributed by atoms with Gasteiger partial charge in [-0.2, -0.15) is 0 Å². The maximum Gasteiger partial charge on any atom is 0.263 e. The molecule has 5 heteroatoms. The van der Waals surface area contributed by atoms with Gasteiger partial charge in [0.15, 0.2) is 5.60 Å². The van der Waals surface area contributed by atoms with Crippen molar-refractivity contribution in [3.8, 4) is 11.5 Å². The predicted octanol–water partition coefficient (Wildman–Crippen LogP) is 5.52. The molecule has 0 aliphatic rings. The first-order chi connectivity index (χ1) is 15.3. The van der Waals surface area contributed by atoms with E-state index in [1.54, 1.807) is 21.0 Å². The number of ether oxygens (including phenoxy) is 2. The standard InChI is InChI=1S/C27H30FNO3/c1-19(29-26(30)27(2,3)32-24-16-12-22(28)13-17-24)25(18-20-8-6-5-7-9-20)21-10-14-23(31-4)15-11-21/h5-17,19,25H,18H2,1-4H3,(H,29,30). The smallest absolute Gasteiger partial charge is 0.263 e. The number of amides is 1. The average Bonchev–Trinajstić information content (AvgIpc) is 2.79. The molecular weight excluding hydrogens is 405 g/mol. The number of halogens is 1. The maximum absolute atomic E-state index is 13.2. The van der Waals surface area contributed by atoms with E-state index in [1.165, 1.54) is 29.8 Å². The summed E-state index contributed by atoms with van der Waals surface area (Å²) < 4.78 is 24.3. The second kappa shape index (κ2) is 10.3. The van der Waals surface area contributed by atoms with Crippen molar-refractivity contribution in [3.63, 3.8) is 0 Å². The van der Waals surface area contributed by atoms with E-state index in [9.17, 15) is 9.18 Å². The van der Waals surface area contributed by atoms with Crippen molar-refractivity contribution in [2.75, 3.05) is 7.11 Å². The van der Waals surface area contributed by atoms with Crippen LogP contribution in [0.2, 0.25) is 0 Å². The number of rotatable bonds is 9. The minimum Gasteiger partial charge on any atom is -0.497 e. The highest BCUT2D eigenvalue weighted by atomic mass is 19.1. The van der Waals surface area contributed by atoms with E-state index >= 15 is 0 Å². The first-order valence-electron chi connectivity index (χ1n) is 10.7. The van der Waals surface area contributed by atoms with Crippen LogP contribution in [0, 0.1) is 5.82 Å². The highest BCUT2D eigenvalue weighted by molar-refractivity contribution is 5.85. The number of carbonyl (C=O) groups is 1. The van der Waals surface area contributed by atoms with Gasteiger partial charge in [0.05, 0.1) is 7.11 Å². The lowest BCUT2D eigenvalue weighted by atomic mass is 9.86. The summed E-state index contributed by atoms with van der Waals surface area (Å²) in [4.78, 5) is 13.1. The van der Waals surface area contributed by atoms with Gasteiger partial charge >= 0.3 is 0 Å². The lowest BCUT2D eigenvalue weighted by Gasteiger charge is -2.31. The Morgan fingerprint density at radius 2 is 1.53 bits per heavy atom. The minimum atomic E-state index is -1.12. The minimum absolute atomic E-state index is 0.0499. The van der Waals surface area contributed by atoms with E-state index in [1.807, 2.05) is 49.4 Å². The van der Waals surface area contributed by atoms with Crippen molar-refractivity contribution in [2.45, 2.75) is 44.8 Å². The molecule has 0 fully saturated rings. The molecule has 0 saturated carbocycles. The van der Waals surface area contributed by atoms with E-state index in [0.29, 0.717) is 5.75 Å². The van der Waals surface area contributed by atoms with Gasteiger partial charge in [0.25, 0.3) is 5.91 Å².